The summed E-state index contributed by atoms with van der Waals surface area (Å²) in [5.74, 6) is -0.204. The molecule has 0 amide bonds. The SMILES string of the molecule is CN1CCN(CCC(N)c2ccc(F)cc2)CC1. The summed E-state index contributed by atoms with van der Waals surface area (Å²) in [4.78, 5) is 4.79. The molecule has 0 spiro atoms. The number of nitrogens with two attached hydrogens (primary N) is 1. The van der Waals surface area contributed by atoms with Gasteiger partial charge in [0.2, 0.25) is 0 Å². The van der Waals surface area contributed by atoms with Gasteiger partial charge in [-0.1, -0.05) is 12.1 Å². The highest BCUT2D eigenvalue weighted by molar-refractivity contribution is 5.19. The number of rotatable bonds is 4. The molecule has 1 aromatic carbocycles. The highest BCUT2D eigenvalue weighted by Gasteiger charge is 2.15. The second-order valence-electron chi connectivity index (χ2n) is 5.09. The fourth-order valence-corrected chi connectivity index (χ4v) is 2.27. The first kappa shape index (κ1) is 13.5. The maximum absolute atomic E-state index is 12.8. The van der Waals surface area contributed by atoms with Crippen molar-refractivity contribution < 1.29 is 4.39 Å². The van der Waals surface area contributed by atoms with E-state index in [2.05, 4.69) is 16.8 Å². The number of nitrogens with zero attached hydrogens (tertiary/aromatic N) is 2. The highest BCUT2D eigenvalue weighted by atomic mass is 19.1. The van der Waals surface area contributed by atoms with Crippen LogP contribution < -0.4 is 5.73 Å². The van der Waals surface area contributed by atoms with Gasteiger partial charge < -0.3 is 15.5 Å². The number of hydrogen-bond donors (Lipinski definition) is 1. The van der Waals surface area contributed by atoms with Crippen LogP contribution in [0.5, 0.6) is 0 Å². The molecule has 3 nitrogen and oxygen atoms in total. The summed E-state index contributed by atoms with van der Waals surface area (Å²) in [5, 5.41) is 0. The lowest BCUT2D eigenvalue weighted by Crippen LogP contribution is -2.45. The minimum Gasteiger partial charge on any atom is -0.324 e. The Morgan fingerprint density at radius 1 is 1.17 bits per heavy atom. The lowest BCUT2D eigenvalue weighted by molar-refractivity contribution is 0.150. The van der Waals surface area contributed by atoms with Crippen molar-refractivity contribution in [3.05, 3.63) is 35.6 Å². The first-order chi connectivity index (χ1) is 8.65. The number of halogens is 1. The quantitative estimate of drug-likeness (QED) is 0.879. The van der Waals surface area contributed by atoms with E-state index < -0.39 is 0 Å². The van der Waals surface area contributed by atoms with Crippen LogP contribution in [0.2, 0.25) is 0 Å². The van der Waals surface area contributed by atoms with Gasteiger partial charge in [-0.3, -0.25) is 0 Å². The third kappa shape index (κ3) is 3.77. The molecule has 4 heteroatoms. The van der Waals surface area contributed by atoms with Gasteiger partial charge >= 0.3 is 0 Å². The van der Waals surface area contributed by atoms with E-state index in [-0.39, 0.29) is 11.9 Å². The van der Waals surface area contributed by atoms with E-state index in [9.17, 15) is 4.39 Å². The van der Waals surface area contributed by atoms with E-state index in [1.54, 1.807) is 12.1 Å². The molecule has 1 aromatic rings. The Kier molecular flexibility index (Phi) is 4.69. The van der Waals surface area contributed by atoms with E-state index in [4.69, 9.17) is 5.73 Å². The summed E-state index contributed by atoms with van der Waals surface area (Å²) >= 11 is 0. The van der Waals surface area contributed by atoms with Crippen LogP contribution >= 0.6 is 0 Å². The summed E-state index contributed by atoms with van der Waals surface area (Å²) < 4.78 is 12.8. The average Bonchev–Trinajstić information content (AvgIpc) is 2.38. The van der Waals surface area contributed by atoms with Crippen LogP contribution in [0.4, 0.5) is 4.39 Å². The van der Waals surface area contributed by atoms with Gasteiger partial charge in [0.15, 0.2) is 0 Å². The smallest absolute Gasteiger partial charge is 0.123 e. The molecule has 0 saturated carbocycles. The summed E-state index contributed by atoms with van der Waals surface area (Å²) in [5.41, 5.74) is 7.15. The van der Waals surface area contributed by atoms with E-state index in [1.807, 2.05) is 0 Å². The number of likely N-dealkylation sites (N-methyl/N-ethyl adjacent to an activating group) is 1. The third-order valence-electron chi connectivity index (χ3n) is 3.65. The monoisotopic (exact) mass is 251 g/mol. The Morgan fingerprint density at radius 3 is 2.39 bits per heavy atom. The molecule has 0 bridgehead atoms. The van der Waals surface area contributed by atoms with Crippen LogP contribution in [0.15, 0.2) is 24.3 Å². The number of hydrogen-bond acceptors (Lipinski definition) is 3. The molecular formula is C14H22FN3. The van der Waals surface area contributed by atoms with Gasteiger partial charge in [-0.15, -0.1) is 0 Å². The molecule has 1 fully saturated rings. The molecule has 100 valence electrons. The van der Waals surface area contributed by atoms with Gasteiger partial charge in [-0.05, 0) is 31.2 Å². The Hall–Kier alpha value is -0.970. The van der Waals surface area contributed by atoms with E-state index in [1.165, 1.54) is 12.1 Å². The molecule has 2 N–H and O–H groups in total. The van der Waals surface area contributed by atoms with E-state index >= 15 is 0 Å². The third-order valence-corrected chi connectivity index (χ3v) is 3.65. The topological polar surface area (TPSA) is 32.5 Å². The Bertz CT molecular complexity index is 358. The van der Waals surface area contributed by atoms with Gasteiger partial charge in [-0.25, -0.2) is 4.39 Å². The van der Waals surface area contributed by atoms with Gasteiger partial charge in [-0.2, -0.15) is 0 Å². The number of piperazine rings is 1. The minimum absolute atomic E-state index is 0.00487. The normalized spacial score (nSPS) is 19.9. The summed E-state index contributed by atoms with van der Waals surface area (Å²) in [7, 11) is 2.15. The molecule has 1 heterocycles. The Balaban J connectivity index is 1.77. The maximum Gasteiger partial charge on any atom is 0.123 e. The van der Waals surface area contributed by atoms with Crippen LogP contribution in [-0.4, -0.2) is 49.6 Å². The fourth-order valence-electron chi connectivity index (χ4n) is 2.27. The number of benzene rings is 1. The zero-order valence-electron chi connectivity index (χ0n) is 11.0. The molecule has 1 unspecified atom stereocenters. The van der Waals surface area contributed by atoms with Crippen LogP contribution in [0.3, 0.4) is 0 Å². The van der Waals surface area contributed by atoms with Gasteiger partial charge in [0, 0.05) is 38.8 Å². The van der Waals surface area contributed by atoms with Crippen LogP contribution in [-0.2, 0) is 0 Å². The van der Waals surface area contributed by atoms with Crippen LogP contribution in [0, 0.1) is 5.82 Å². The van der Waals surface area contributed by atoms with Crippen molar-refractivity contribution in [3.8, 4) is 0 Å². The molecule has 1 aliphatic rings. The lowest BCUT2D eigenvalue weighted by atomic mass is 10.0. The van der Waals surface area contributed by atoms with E-state index in [0.717, 1.165) is 44.7 Å². The van der Waals surface area contributed by atoms with Gasteiger partial charge in [0.1, 0.15) is 5.82 Å². The fraction of sp³-hybridized carbons (Fsp3) is 0.571. The molecule has 0 aliphatic carbocycles. The summed E-state index contributed by atoms with van der Waals surface area (Å²) in [6.07, 6.45) is 0.926. The van der Waals surface area contributed by atoms with Crippen molar-refractivity contribution in [3.63, 3.8) is 0 Å². The molecule has 2 rings (SSSR count). The molecule has 0 radical (unpaired) electrons. The molecule has 0 aromatic heterocycles. The first-order valence-corrected chi connectivity index (χ1v) is 6.57. The largest absolute Gasteiger partial charge is 0.324 e. The minimum atomic E-state index is -0.204. The van der Waals surface area contributed by atoms with Crippen molar-refractivity contribution in [2.75, 3.05) is 39.8 Å². The molecule has 18 heavy (non-hydrogen) atoms. The first-order valence-electron chi connectivity index (χ1n) is 6.57. The van der Waals surface area contributed by atoms with Gasteiger partial charge in [0.05, 0.1) is 0 Å². The van der Waals surface area contributed by atoms with Gasteiger partial charge in [0.25, 0.3) is 0 Å². The maximum atomic E-state index is 12.8. The predicted octanol–water partition coefficient (Wildman–Crippen LogP) is 1.46. The van der Waals surface area contributed by atoms with Crippen molar-refractivity contribution in [1.82, 2.24) is 9.80 Å². The molecule has 1 aliphatic heterocycles. The molecule has 1 saturated heterocycles. The average molecular weight is 251 g/mol. The van der Waals surface area contributed by atoms with Crippen molar-refractivity contribution in [2.45, 2.75) is 12.5 Å². The lowest BCUT2D eigenvalue weighted by Gasteiger charge is -2.32. The van der Waals surface area contributed by atoms with Crippen molar-refractivity contribution in [2.24, 2.45) is 5.73 Å². The Morgan fingerprint density at radius 2 is 1.78 bits per heavy atom. The highest BCUT2D eigenvalue weighted by Crippen LogP contribution is 2.15. The zero-order valence-corrected chi connectivity index (χ0v) is 11.0. The zero-order chi connectivity index (χ0) is 13.0. The summed E-state index contributed by atoms with van der Waals surface area (Å²) in [6.45, 7) is 5.52. The van der Waals surface area contributed by atoms with Crippen molar-refractivity contribution in [1.29, 1.82) is 0 Å². The standard InChI is InChI=1S/C14H22FN3/c1-17-8-10-18(11-9-17)7-6-14(16)12-2-4-13(15)5-3-12/h2-5,14H,6-11,16H2,1H3. The van der Waals surface area contributed by atoms with Crippen LogP contribution in [0.25, 0.3) is 0 Å². The second kappa shape index (κ2) is 6.27. The molecule has 1 atom stereocenters. The second-order valence-corrected chi connectivity index (χ2v) is 5.09. The van der Waals surface area contributed by atoms with Crippen LogP contribution in [0.1, 0.15) is 18.0 Å². The predicted molar refractivity (Wildman–Crippen MR) is 71.9 cm³/mol. The van der Waals surface area contributed by atoms with Crippen molar-refractivity contribution >= 4 is 0 Å². The summed E-state index contributed by atoms with van der Waals surface area (Å²) in [6, 6.07) is 6.52. The van der Waals surface area contributed by atoms with E-state index in [0.29, 0.717) is 0 Å². The molecular weight excluding hydrogens is 229 g/mol. The Labute approximate surface area is 108 Å².